The van der Waals surface area contributed by atoms with Gasteiger partial charge in [0.25, 0.3) is 0 Å². The monoisotopic (exact) mass is 349 g/mol. The van der Waals surface area contributed by atoms with Crippen LogP contribution in [0.5, 0.6) is 0 Å². The highest BCUT2D eigenvalue weighted by molar-refractivity contribution is 5.74. The van der Waals surface area contributed by atoms with Gasteiger partial charge in [0.2, 0.25) is 0 Å². The van der Waals surface area contributed by atoms with Crippen LogP contribution in [0.25, 0.3) is 0 Å². The summed E-state index contributed by atoms with van der Waals surface area (Å²) >= 11 is 0. The van der Waals surface area contributed by atoms with Crippen molar-refractivity contribution in [1.82, 2.24) is 24.7 Å². The van der Waals surface area contributed by atoms with Gasteiger partial charge in [0.05, 0.1) is 19.5 Å². The predicted molar refractivity (Wildman–Crippen MR) is 96.6 cm³/mol. The number of hydrogen-bond acceptors (Lipinski definition) is 4. The third-order valence-corrected chi connectivity index (χ3v) is 5.53. The number of aromatic nitrogens is 2. The van der Waals surface area contributed by atoms with Crippen molar-refractivity contribution < 1.29 is 9.53 Å². The van der Waals surface area contributed by atoms with Gasteiger partial charge in [-0.1, -0.05) is 0 Å². The Bertz CT molecular complexity index is 578. The first-order chi connectivity index (χ1) is 12.0. The zero-order valence-electron chi connectivity index (χ0n) is 15.7. The van der Waals surface area contributed by atoms with Crippen molar-refractivity contribution in [2.45, 2.75) is 38.1 Å². The number of morpholine rings is 1. The molecule has 7 nitrogen and oxygen atoms in total. The molecule has 2 amide bonds. The summed E-state index contributed by atoms with van der Waals surface area (Å²) < 4.78 is 7.63. The van der Waals surface area contributed by atoms with Crippen molar-refractivity contribution in [3.63, 3.8) is 0 Å². The van der Waals surface area contributed by atoms with Crippen LogP contribution in [0.3, 0.4) is 0 Å². The maximum Gasteiger partial charge on any atom is 0.317 e. The highest BCUT2D eigenvalue weighted by atomic mass is 16.5. The zero-order valence-corrected chi connectivity index (χ0v) is 15.7. The highest BCUT2D eigenvalue weighted by Crippen LogP contribution is 2.27. The van der Waals surface area contributed by atoms with Crippen LogP contribution in [0.4, 0.5) is 4.79 Å². The van der Waals surface area contributed by atoms with Gasteiger partial charge >= 0.3 is 6.03 Å². The van der Waals surface area contributed by atoms with E-state index in [4.69, 9.17) is 4.74 Å². The van der Waals surface area contributed by atoms with Crippen LogP contribution < -0.4 is 5.32 Å². The molecule has 2 saturated heterocycles. The van der Waals surface area contributed by atoms with E-state index in [2.05, 4.69) is 33.6 Å². The van der Waals surface area contributed by atoms with Gasteiger partial charge in [-0.3, -0.25) is 4.90 Å². The molecule has 1 N–H and O–H groups in total. The minimum atomic E-state index is 0.0461. The summed E-state index contributed by atoms with van der Waals surface area (Å²) in [5.74, 6) is 0.505. The topological polar surface area (TPSA) is 62.6 Å². The number of nitrogens with one attached hydrogen (secondary N) is 1. The largest absolute Gasteiger partial charge is 0.378 e. The molecule has 0 unspecified atom stereocenters. The van der Waals surface area contributed by atoms with Crippen LogP contribution in [-0.2, 0) is 11.8 Å². The summed E-state index contributed by atoms with van der Waals surface area (Å²) in [6.07, 6.45) is 5.80. The molecular formula is C18H31N5O2. The molecule has 2 aliphatic rings. The predicted octanol–water partition coefficient (Wildman–Crippen LogP) is 1.42. The molecule has 0 bridgehead atoms. The second-order valence-electron chi connectivity index (χ2n) is 7.77. The van der Waals surface area contributed by atoms with Crippen molar-refractivity contribution in [3.8, 4) is 0 Å². The van der Waals surface area contributed by atoms with E-state index >= 15 is 0 Å². The molecule has 0 aliphatic carbocycles. The van der Waals surface area contributed by atoms with Crippen molar-refractivity contribution in [2.75, 3.05) is 45.9 Å². The maximum absolute atomic E-state index is 12.4. The number of carbonyl (C=O) groups excluding carboxylic acids is 1. The molecule has 7 heteroatoms. The van der Waals surface area contributed by atoms with E-state index in [1.54, 1.807) is 0 Å². The fraction of sp³-hybridized carbons (Fsp3) is 0.778. The van der Waals surface area contributed by atoms with Gasteiger partial charge in [-0.25, -0.2) is 9.78 Å². The van der Waals surface area contributed by atoms with Gasteiger partial charge < -0.3 is 19.5 Å². The number of nitrogens with zero attached hydrogens (tertiary/aromatic N) is 4. The van der Waals surface area contributed by atoms with Crippen LogP contribution >= 0.6 is 0 Å². The van der Waals surface area contributed by atoms with E-state index in [0.29, 0.717) is 12.5 Å². The van der Waals surface area contributed by atoms with E-state index in [0.717, 1.165) is 52.2 Å². The third-order valence-electron chi connectivity index (χ3n) is 5.53. The van der Waals surface area contributed by atoms with Crippen molar-refractivity contribution in [3.05, 3.63) is 18.2 Å². The fourth-order valence-corrected chi connectivity index (χ4v) is 3.85. The molecular weight excluding hydrogens is 318 g/mol. The standard InChI is InChI=1S/C18H31N5O2/c1-18(2)13-25-11-10-23(18)9-6-20-17(24)22-7-4-15(5-8-22)16-12-19-14-21(16)3/h12,14-15H,4-11,13H2,1-3H3,(H,20,24). The quantitative estimate of drug-likeness (QED) is 0.893. The lowest BCUT2D eigenvalue weighted by atomic mass is 9.94. The van der Waals surface area contributed by atoms with Crippen molar-refractivity contribution >= 4 is 6.03 Å². The number of carbonyl (C=O) groups is 1. The number of likely N-dealkylation sites (tertiary alicyclic amines) is 1. The second kappa shape index (κ2) is 7.74. The summed E-state index contributed by atoms with van der Waals surface area (Å²) in [7, 11) is 2.04. The number of urea groups is 1. The number of hydrogen-bond donors (Lipinski definition) is 1. The Morgan fingerprint density at radius 1 is 1.36 bits per heavy atom. The highest BCUT2D eigenvalue weighted by Gasteiger charge is 2.30. The number of piperidine rings is 1. The van der Waals surface area contributed by atoms with Crippen LogP contribution in [0.15, 0.2) is 12.5 Å². The molecule has 2 fully saturated rings. The van der Waals surface area contributed by atoms with Gasteiger partial charge in [-0.2, -0.15) is 0 Å². The molecule has 1 aromatic rings. The van der Waals surface area contributed by atoms with Crippen LogP contribution in [0.1, 0.15) is 38.3 Å². The van der Waals surface area contributed by atoms with Gasteiger partial charge in [-0.15, -0.1) is 0 Å². The lowest BCUT2D eigenvalue weighted by Gasteiger charge is -2.42. The van der Waals surface area contributed by atoms with Gasteiger partial charge in [0, 0.05) is 63.1 Å². The van der Waals surface area contributed by atoms with E-state index < -0.39 is 0 Å². The number of aryl methyl sites for hydroxylation is 1. The van der Waals surface area contributed by atoms with Crippen LogP contribution in [-0.4, -0.2) is 76.9 Å². The lowest BCUT2D eigenvalue weighted by molar-refractivity contribution is -0.0498. The number of ether oxygens (including phenoxy) is 1. The SMILES string of the molecule is Cn1cncc1C1CCN(C(=O)NCCN2CCOCC2(C)C)CC1. The van der Waals surface area contributed by atoms with Crippen LogP contribution in [0, 0.1) is 0 Å². The molecule has 0 saturated carbocycles. The van der Waals surface area contributed by atoms with Crippen LogP contribution in [0.2, 0.25) is 0 Å². The summed E-state index contributed by atoms with van der Waals surface area (Å²) in [5, 5.41) is 3.09. The van der Waals surface area contributed by atoms with E-state index in [-0.39, 0.29) is 11.6 Å². The normalized spacial score (nSPS) is 22.1. The van der Waals surface area contributed by atoms with Gasteiger partial charge in [0.15, 0.2) is 0 Å². The Labute approximate surface area is 150 Å². The first-order valence-corrected chi connectivity index (χ1v) is 9.29. The van der Waals surface area contributed by atoms with E-state index in [9.17, 15) is 4.79 Å². The summed E-state index contributed by atoms with van der Waals surface area (Å²) in [5.41, 5.74) is 1.32. The molecule has 1 aromatic heterocycles. The summed E-state index contributed by atoms with van der Waals surface area (Å²) in [4.78, 5) is 21.0. The minimum absolute atomic E-state index is 0.0461. The van der Waals surface area contributed by atoms with Gasteiger partial charge in [0.1, 0.15) is 0 Å². The number of amides is 2. The Hall–Kier alpha value is -1.60. The molecule has 0 aromatic carbocycles. The number of imidazole rings is 1. The smallest absolute Gasteiger partial charge is 0.317 e. The third kappa shape index (κ3) is 4.33. The molecule has 3 heterocycles. The summed E-state index contributed by atoms with van der Waals surface area (Å²) in [6.45, 7) is 10.0. The Morgan fingerprint density at radius 3 is 2.76 bits per heavy atom. The minimum Gasteiger partial charge on any atom is -0.378 e. The second-order valence-corrected chi connectivity index (χ2v) is 7.77. The molecule has 25 heavy (non-hydrogen) atoms. The Kier molecular flexibility index (Phi) is 5.64. The first-order valence-electron chi connectivity index (χ1n) is 9.29. The Balaban J connectivity index is 1.40. The lowest BCUT2D eigenvalue weighted by Crippen LogP contribution is -2.55. The molecule has 0 radical (unpaired) electrons. The zero-order chi connectivity index (χ0) is 17.9. The number of rotatable bonds is 4. The summed E-state index contributed by atoms with van der Waals surface area (Å²) in [6, 6.07) is 0.0644. The molecule has 140 valence electrons. The van der Waals surface area contributed by atoms with Crippen molar-refractivity contribution in [2.24, 2.45) is 7.05 Å². The maximum atomic E-state index is 12.4. The molecule has 2 aliphatic heterocycles. The van der Waals surface area contributed by atoms with E-state index in [1.165, 1.54) is 5.69 Å². The molecule has 0 atom stereocenters. The van der Waals surface area contributed by atoms with Crippen molar-refractivity contribution in [1.29, 1.82) is 0 Å². The fourth-order valence-electron chi connectivity index (χ4n) is 3.85. The average molecular weight is 349 g/mol. The first kappa shape index (κ1) is 18.2. The van der Waals surface area contributed by atoms with Gasteiger partial charge in [-0.05, 0) is 26.7 Å². The average Bonchev–Trinajstić information content (AvgIpc) is 3.02. The Morgan fingerprint density at radius 2 is 2.12 bits per heavy atom. The molecule has 0 spiro atoms. The van der Waals surface area contributed by atoms with E-state index in [1.807, 2.05) is 24.5 Å². The molecule has 3 rings (SSSR count).